The molecule has 0 atom stereocenters. The van der Waals surface area contributed by atoms with E-state index in [-0.39, 0.29) is 12.3 Å². The topological polar surface area (TPSA) is 49.4 Å². The molecule has 0 aliphatic heterocycles. The molecule has 0 saturated heterocycles. The van der Waals surface area contributed by atoms with E-state index in [9.17, 15) is 8.42 Å². The van der Waals surface area contributed by atoms with Gasteiger partial charge >= 0.3 is 0 Å². The average Bonchev–Trinajstić information content (AvgIpc) is 2.30. The van der Waals surface area contributed by atoms with Crippen molar-refractivity contribution in [2.75, 3.05) is 31.9 Å². The van der Waals surface area contributed by atoms with Gasteiger partial charge in [0.15, 0.2) is 0 Å². The van der Waals surface area contributed by atoms with Gasteiger partial charge in [-0.3, -0.25) is 0 Å². The Morgan fingerprint density at radius 2 is 1.94 bits per heavy atom. The van der Waals surface area contributed by atoms with Crippen LogP contribution in [-0.4, -0.2) is 44.7 Å². The lowest BCUT2D eigenvalue weighted by molar-refractivity contribution is 0.461. The number of sulfonamides is 1. The first-order valence-corrected chi connectivity index (χ1v) is 7.81. The second-order valence-corrected chi connectivity index (χ2v) is 5.99. The summed E-state index contributed by atoms with van der Waals surface area (Å²) in [5.74, 6) is 2.57. The summed E-state index contributed by atoms with van der Waals surface area (Å²) in [5.41, 5.74) is 0. The third kappa shape index (κ3) is 7.37. The van der Waals surface area contributed by atoms with Gasteiger partial charge in [0.1, 0.15) is 0 Å². The lowest BCUT2D eigenvalue weighted by atomic mass is 10.3. The third-order valence-corrected chi connectivity index (χ3v) is 4.43. The van der Waals surface area contributed by atoms with Crippen molar-refractivity contribution in [3.8, 4) is 12.3 Å². The molecular formula is C12H24N2O2S. The molecule has 5 heteroatoms. The van der Waals surface area contributed by atoms with Gasteiger partial charge in [0.25, 0.3) is 0 Å². The molecule has 0 aromatic rings. The van der Waals surface area contributed by atoms with Gasteiger partial charge in [0.2, 0.25) is 10.0 Å². The van der Waals surface area contributed by atoms with Crippen LogP contribution in [0.1, 0.15) is 33.1 Å². The summed E-state index contributed by atoms with van der Waals surface area (Å²) < 4.78 is 25.1. The number of hydrogen-bond donors (Lipinski definition) is 1. The summed E-state index contributed by atoms with van der Waals surface area (Å²) >= 11 is 0. The minimum atomic E-state index is -3.16. The van der Waals surface area contributed by atoms with Crippen molar-refractivity contribution in [3.63, 3.8) is 0 Å². The molecular weight excluding hydrogens is 236 g/mol. The molecule has 0 amide bonds. The van der Waals surface area contributed by atoms with Gasteiger partial charge in [0, 0.05) is 6.54 Å². The van der Waals surface area contributed by atoms with E-state index in [1.165, 1.54) is 4.31 Å². The van der Waals surface area contributed by atoms with Gasteiger partial charge in [-0.1, -0.05) is 19.8 Å². The standard InChI is InChI=1S/C12H24N2O2S/c1-4-9-13-10-7-8-12-17(15,16)14(6-3)11-5-2/h2,13H,4,6-12H2,1,3H3. The highest BCUT2D eigenvalue weighted by atomic mass is 32.2. The third-order valence-electron chi connectivity index (χ3n) is 2.45. The molecule has 0 aromatic heterocycles. The number of nitrogens with zero attached hydrogens (tertiary/aromatic N) is 1. The predicted molar refractivity (Wildman–Crippen MR) is 72.3 cm³/mol. The quantitative estimate of drug-likeness (QED) is 0.472. The zero-order valence-corrected chi connectivity index (χ0v) is 11.7. The van der Waals surface area contributed by atoms with Crippen LogP contribution in [0.4, 0.5) is 0 Å². The van der Waals surface area contributed by atoms with E-state index < -0.39 is 10.0 Å². The molecule has 0 saturated carbocycles. The Labute approximate surface area is 106 Å². The van der Waals surface area contributed by atoms with E-state index >= 15 is 0 Å². The first-order chi connectivity index (χ1) is 8.08. The van der Waals surface area contributed by atoms with Crippen LogP contribution in [0.15, 0.2) is 0 Å². The largest absolute Gasteiger partial charge is 0.317 e. The molecule has 0 aliphatic carbocycles. The van der Waals surface area contributed by atoms with Gasteiger partial charge in [-0.05, 0) is 32.4 Å². The average molecular weight is 260 g/mol. The van der Waals surface area contributed by atoms with E-state index in [0.29, 0.717) is 13.0 Å². The maximum atomic E-state index is 11.9. The Hall–Kier alpha value is -0.570. The molecule has 100 valence electrons. The molecule has 0 fully saturated rings. The first-order valence-electron chi connectivity index (χ1n) is 6.20. The summed E-state index contributed by atoms with van der Waals surface area (Å²) in [7, 11) is -3.16. The van der Waals surface area contributed by atoms with Gasteiger partial charge in [-0.2, -0.15) is 4.31 Å². The Bertz CT molecular complexity index is 320. The fourth-order valence-corrected chi connectivity index (χ4v) is 2.97. The Kier molecular flexibility index (Phi) is 9.14. The van der Waals surface area contributed by atoms with Gasteiger partial charge in [-0.25, -0.2) is 8.42 Å². The van der Waals surface area contributed by atoms with Crippen molar-refractivity contribution in [1.82, 2.24) is 9.62 Å². The summed E-state index contributed by atoms with van der Waals surface area (Å²) in [6.45, 7) is 6.40. The number of unbranched alkanes of at least 4 members (excludes halogenated alkanes) is 1. The van der Waals surface area contributed by atoms with Crippen molar-refractivity contribution in [2.24, 2.45) is 0 Å². The van der Waals surface area contributed by atoms with Crippen LogP contribution in [0, 0.1) is 12.3 Å². The second-order valence-electron chi connectivity index (χ2n) is 3.90. The lowest BCUT2D eigenvalue weighted by Gasteiger charge is -2.17. The molecule has 0 radical (unpaired) electrons. The highest BCUT2D eigenvalue weighted by Crippen LogP contribution is 2.03. The van der Waals surface area contributed by atoms with Crippen molar-refractivity contribution in [3.05, 3.63) is 0 Å². The first kappa shape index (κ1) is 16.4. The van der Waals surface area contributed by atoms with Gasteiger partial charge in [0.05, 0.1) is 12.3 Å². The molecule has 0 heterocycles. The van der Waals surface area contributed by atoms with E-state index in [1.54, 1.807) is 6.92 Å². The maximum absolute atomic E-state index is 11.9. The number of hydrogen-bond acceptors (Lipinski definition) is 3. The predicted octanol–water partition coefficient (Wildman–Crippen LogP) is 1.05. The number of terminal acetylenes is 1. The molecule has 0 unspecified atom stereocenters. The molecule has 17 heavy (non-hydrogen) atoms. The molecule has 0 bridgehead atoms. The van der Waals surface area contributed by atoms with Crippen LogP contribution in [0.25, 0.3) is 0 Å². The van der Waals surface area contributed by atoms with Crippen LogP contribution in [-0.2, 0) is 10.0 Å². The maximum Gasteiger partial charge on any atom is 0.214 e. The highest BCUT2D eigenvalue weighted by Gasteiger charge is 2.18. The van der Waals surface area contributed by atoms with Gasteiger partial charge in [-0.15, -0.1) is 6.42 Å². The molecule has 1 N–H and O–H groups in total. The zero-order chi connectivity index (χ0) is 13.1. The summed E-state index contributed by atoms with van der Waals surface area (Å²) in [6, 6.07) is 0. The highest BCUT2D eigenvalue weighted by molar-refractivity contribution is 7.89. The molecule has 0 rings (SSSR count). The molecule has 0 spiro atoms. The van der Waals surface area contributed by atoms with E-state index in [2.05, 4.69) is 18.2 Å². The number of rotatable bonds is 10. The van der Waals surface area contributed by atoms with Crippen LogP contribution < -0.4 is 5.32 Å². The second kappa shape index (κ2) is 9.46. The number of nitrogens with one attached hydrogen (secondary N) is 1. The van der Waals surface area contributed by atoms with Crippen molar-refractivity contribution < 1.29 is 8.42 Å². The fraction of sp³-hybridized carbons (Fsp3) is 0.833. The Balaban J connectivity index is 3.89. The summed E-state index contributed by atoms with van der Waals surface area (Å²) in [4.78, 5) is 0. The van der Waals surface area contributed by atoms with E-state index in [0.717, 1.165) is 25.9 Å². The SMILES string of the molecule is C#CCN(CC)S(=O)(=O)CCCCNCCC. The summed E-state index contributed by atoms with van der Waals surface area (Å²) in [5, 5.41) is 3.25. The normalized spacial score (nSPS) is 11.6. The minimum Gasteiger partial charge on any atom is -0.317 e. The smallest absolute Gasteiger partial charge is 0.214 e. The lowest BCUT2D eigenvalue weighted by Crippen LogP contribution is -2.33. The van der Waals surface area contributed by atoms with Crippen LogP contribution >= 0.6 is 0 Å². The van der Waals surface area contributed by atoms with Crippen molar-refractivity contribution in [1.29, 1.82) is 0 Å². The molecule has 4 nitrogen and oxygen atoms in total. The summed E-state index contributed by atoms with van der Waals surface area (Å²) in [6.07, 6.45) is 7.81. The molecule has 0 aliphatic rings. The van der Waals surface area contributed by atoms with Crippen LogP contribution in [0.2, 0.25) is 0 Å². The van der Waals surface area contributed by atoms with E-state index in [4.69, 9.17) is 6.42 Å². The monoisotopic (exact) mass is 260 g/mol. The van der Waals surface area contributed by atoms with Gasteiger partial charge < -0.3 is 5.32 Å². The molecule has 0 aromatic carbocycles. The zero-order valence-electron chi connectivity index (χ0n) is 10.9. The fourth-order valence-electron chi connectivity index (χ4n) is 1.47. The van der Waals surface area contributed by atoms with Crippen molar-refractivity contribution in [2.45, 2.75) is 33.1 Å². The van der Waals surface area contributed by atoms with Crippen molar-refractivity contribution >= 4 is 10.0 Å². The Morgan fingerprint density at radius 1 is 1.24 bits per heavy atom. The van der Waals surface area contributed by atoms with E-state index in [1.807, 2.05) is 0 Å². The Morgan fingerprint density at radius 3 is 2.47 bits per heavy atom. The van der Waals surface area contributed by atoms with Crippen LogP contribution in [0.5, 0.6) is 0 Å². The van der Waals surface area contributed by atoms with Crippen LogP contribution in [0.3, 0.4) is 0 Å². The minimum absolute atomic E-state index is 0.174.